The normalized spacial score (nSPS) is 28.6. The summed E-state index contributed by atoms with van der Waals surface area (Å²) in [6, 6.07) is -0.476. The first kappa shape index (κ1) is 13.0. The van der Waals surface area contributed by atoms with E-state index in [2.05, 4.69) is 0 Å². The van der Waals surface area contributed by atoms with E-state index in [1.807, 2.05) is 11.8 Å². The molecule has 3 atom stereocenters. The summed E-state index contributed by atoms with van der Waals surface area (Å²) < 4.78 is 0. The van der Waals surface area contributed by atoms with Gasteiger partial charge in [0.2, 0.25) is 5.91 Å². The van der Waals surface area contributed by atoms with Gasteiger partial charge in [0.15, 0.2) is 0 Å². The highest BCUT2D eigenvalue weighted by Crippen LogP contribution is 2.24. The predicted octanol–water partition coefficient (Wildman–Crippen LogP) is 0.293. The van der Waals surface area contributed by atoms with Gasteiger partial charge in [0.05, 0.1) is 0 Å². The summed E-state index contributed by atoms with van der Waals surface area (Å²) in [5.74, 6) is -1.34. The lowest BCUT2D eigenvalue weighted by Crippen LogP contribution is -2.51. The Morgan fingerprint density at radius 2 is 2.19 bits per heavy atom. The van der Waals surface area contributed by atoms with Crippen LogP contribution < -0.4 is 5.73 Å². The standard InChI is InChI=1S/C11H20N2O3/c1-7-4-3-5-13(9(7)11(15)16)6-8(2)10(12)14/h7-9H,3-6H2,1-2H3,(H2,12,14)(H,15,16). The zero-order chi connectivity index (χ0) is 12.3. The molecule has 0 radical (unpaired) electrons. The second-order valence-electron chi connectivity index (χ2n) is 4.70. The van der Waals surface area contributed by atoms with E-state index in [-0.39, 0.29) is 17.7 Å². The summed E-state index contributed by atoms with van der Waals surface area (Å²) in [7, 11) is 0. The summed E-state index contributed by atoms with van der Waals surface area (Å²) in [5, 5.41) is 9.17. The summed E-state index contributed by atoms with van der Waals surface area (Å²) >= 11 is 0. The van der Waals surface area contributed by atoms with E-state index in [0.29, 0.717) is 6.54 Å². The number of piperidine rings is 1. The quantitative estimate of drug-likeness (QED) is 0.724. The van der Waals surface area contributed by atoms with Crippen molar-refractivity contribution in [3.8, 4) is 0 Å². The molecule has 0 saturated carbocycles. The molecular formula is C11H20N2O3. The Hall–Kier alpha value is -1.10. The van der Waals surface area contributed by atoms with E-state index in [1.165, 1.54) is 0 Å². The van der Waals surface area contributed by atoms with Crippen LogP contribution in [-0.2, 0) is 9.59 Å². The number of likely N-dealkylation sites (tertiary alicyclic amines) is 1. The largest absolute Gasteiger partial charge is 0.480 e. The molecule has 1 amide bonds. The van der Waals surface area contributed by atoms with Crippen LogP contribution in [0.2, 0.25) is 0 Å². The average molecular weight is 228 g/mol. The number of primary amides is 1. The molecule has 1 rings (SSSR count). The molecule has 0 aromatic heterocycles. The van der Waals surface area contributed by atoms with Gasteiger partial charge in [0, 0.05) is 12.5 Å². The predicted molar refractivity (Wildman–Crippen MR) is 59.8 cm³/mol. The van der Waals surface area contributed by atoms with Crippen LogP contribution in [0.1, 0.15) is 26.7 Å². The molecule has 1 heterocycles. The molecular weight excluding hydrogens is 208 g/mol. The molecule has 0 bridgehead atoms. The molecule has 1 saturated heterocycles. The number of nitrogens with two attached hydrogens (primary N) is 1. The molecule has 92 valence electrons. The van der Waals surface area contributed by atoms with Gasteiger partial charge in [-0.15, -0.1) is 0 Å². The number of carbonyl (C=O) groups excluding carboxylic acids is 1. The van der Waals surface area contributed by atoms with Gasteiger partial charge in [0.1, 0.15) is 6.04 Å². The number of carboxylic acid groups (broad SMARTS) is 1. The minimum atomic E-state index is -0.802. The molecule has 5 heteroatoms. The van der Waals surface area contributed by atoms with E-state index in [0.717, 1.165) is 19.4 Å². The number of hydrogen-bond donors (Lipinski definition) is 2. The van der Waals surface area contributed by atoms with E-state index >= 15 is 0 Å². The zero-order valence-electron chi connectivity index (χ0n) is 9.85. The number of rotatable bonds is 4. The molecule has 3 unspecified atom stereocenters. The Morgan fingerprint density at radius 1 is 1.56 bits per heavy atom. The van der Waals surface area contributed by atoms with Crippen LogP contribution in [-0.4, -0.2) is 41.0 Å². The van der Waals surface area contributed by atoms with Crippen molar-refractivity contribution in [2.24, 2.45) is 17.6 Å². The smallest absolute Gasteiger partial charge is 0.321 e. The van der Waals surface area contributed by atoms with Crippen LogP contribution in [0.5, 0.6) is 0 Å². The third-order valence-electron chi connectivity index (χ3n) is 3.28. The highest BCUT2D eigenvalue weighted by molar-refractivity contribution is 5.77. The third-order valence-corrected chi connectivity index (χ3v) is 3.28. The van der Waals surface area contributed by atoms with Crippen LogP contribution in [0.25, 0.3) is 0 Å². The lowest BCUT2D eigenvalue weighted by atomic mass is 9.90. The van der Waals surface area contributed by atoms with Gasteiger partial charge in [0.25, 0.3) is 0 Å². The number of amides is 1. The first-order chi connectivity index (χ1) is 7.43. The Morgan fingerprint density at radius 3 is 2.69 bits per heavy atom. The second kappa shape index (κ2) is 5.30. The maximum absolute atomic E-state index is 11.2. The average Bonchev–Trinajstić information content (AvgIpc) is 2.16. The zero-order valence-corrected chi connectivity index (χ0v) is 9.85. The van der Waals surface area contributed by atoms with Crippen molar-refractivity contribution >= 4 is 11.9 Å². The van der Waals surface area contributed by atoms with Crippen LogP contribution >= 0.6 is 0 Å². The van der Waals surface area contributed by atoms with Crippen molar-refractivity contribution in [1.82, 2.24) is 4.90 Å². The number of hydrogen-bond acceptors (Lipinski definition) is 3. The molecule has 16 heavy (non-hydrogen) atoms. The van der Waals surface area contributed by atoms with Crippen LogP contribution in [0.15, 0.2) is 0 Å². The van der Waals surface area contributed by atoms with Gasteiger partial charge in [-0.25, -0.2) is 0 Å². The summed E-state index contributed by atoms with van der Waals surface area (Å²) in [4.78, 5) is 24.0. The Balaban J connectivity index is 2.68. The Bertz CT molecular complexity index is 280. The molecule has 0 aromatic carbocycles. The summed E-state index contributed by atoms with van der Waals surface area (Å²) in [6.07, 6.45) is 1.91. The second-order valence-corrected chi connectivity index (χ2v) is 4.70. The number of nitrogens with zero attached hydrogens (tertiary/aromatic N) is 1. The molecule has 5 nitrogen and oxygen atoms in total. The maximum Gasteiger partial charge on any atom is 0.321 e. The first-order valence-corrected chi connectivity index (χ1v) is 5.69. The molecule has 3 N–H and O–H groups in total. The van der Waals surface area contributed by atoms with Crippen LogP contribution in [0, 0.1) is 11.8 Å². The van der Waals surface area contributed by atoms with Crippen molar-refractivity contribution in [2.75, 3.05) is 13.1 Å². The van der Waals surface area contributed by atoms with Gasteiger partial charge >= 0.3 is 5.97 Å². The number of carbonyl (C=O) groups is 2. The van der Waals surface area contributed by atoms with E-state index in [1.54, 1.807) is 6.92 Å². The topological polar surface area (TPSA) is 83.6 Å². The van der Waals surface area contributed by atoms with E-state index in [9.17, 15) is 14.7 Å². The fourth-order valence-electron chi connectivity index (χ4n) is 2.32. The molecule has 1 fully saturated rings. The van der Waals surface area contributed by atoms with Crippen molar-refractivity contribution in [2.45, 2.75) is 32.7 Å². The Labute approximate surface area is 95.6 Å². The molecule has 1 aliphatic heterocycles. The lowest BCUT2D eigenvalue weighted by Gasteiger charge is -2.38. The molecule has 0 aromatic rings. The third kappa shape index (κ3) is 2.95. The minimum absolute atomic E-state index is 0.131. The van der Waals surface area contributed by atoms with Crippen molar-refractivity contribution in [1.29, 1.82) is 0 Å². The van der Waals surface area contributed by atoms with Crippen LogP contribution in [0.4, 0.5) is 0 Å². The van der Waals surface area contributed by atoms with Gasteiger partial charge in [-0.2, -0.15) is 0 Å². The van der Waals surface area contributed by atoms with E-state index in [4.69, 9.17) is 5.73 Å². The van der Waals surface area contributed by atoms with Crippen LogP contribution in [0.3, 0.4) is 0 Å². The molecule has 0 aliphatic carbocycles. The van der Waals surface area contributed by atoms with Crippen molar-refractivity contribution in [3.05, 3.63) is 0 Å². The highest BCUT2D eigenvalue weighted by atomic mass is 16.4. The Kier molecular flexibility index (Phi) is 4.29. The van der Waals surface area contributed by atoms with Gasteiger partial charge in [-0.3, -0.25) is 14.5 Å². The van der Waals surface area contributed by atoms with Gasteiger partial charge in [-0.1, -0.05) is 13.8 Å². The van der Waals surface area contributed by atoms with Gasteiger partial charge in [-0.05, 0) is 25.3 Å². The SMILES string of the molecule is CC(CN1CCCC(C)C1C(=O)O)C(N)=O. The van der Waals surface area contributed by atoms with Crippen molar-refractivity contribution < 1.29 is 14.7 Å². The molecule has 1 aliphatic rings. The highest BCUT2D eigenvalue weighted by Gasteiger charge is 2.35. The summed E-state index contributed by atoms with van der Waals surface area (Å²) in [5.41, 5.74) is 5.20. The maximum atomic E-state index is 11.2. The number of carboxylic acids is 1. The fourth-order valence-corrected chi connectivity index (χ4v) is 2.32. The van der Waals surface area contributed by atoms with E-state index < -0.39 is 12.0 Å². The van der Waals surface area contributed by atoms with Gasteiger partial charge < -0.3 is 10.8 Å². The minimum Gasteiger partial charge on any atom is -0.480 e. The fraction of sp³-hybridized carbons (Fsp3) is 0.818. The summed E-state index contributed by atoms with van der Waals surface area (Å²) in [6.45, 7) is 4.86. The lowest BCUT2D eigenvalue weighted by molar-refractivity contribution is -0.147. The first-order valence-electron chi connectivity index (χ1n) is 5.69. The van der Waals surface area contributed by atoms with Crippen molar-refractivity contribution in [3.63, 3.8) is 0 Å². The number of aliphatic carboxylic acids is 1. The monoisotopic (exact) mass is 228 g/mol. The molecule has 0 spiro atoms.